The highest BCUT2D eigenvalue weighted by molar-refractivity contribution is 6.74. The molecule has 0 unspecified atom stereocenters. The molecule has 16 heteroatoms. The summed E-state index contributed by atoms with van der Waals surface area (Å²) in [6.07, 6.45) is -8.77. The molecule has 0 heterocycles. The average molecular weight is 547 g/mol. The maximum Gasteiger partial charge on any atom is 0.460 e. The Morgan fingerprint density at radius 3 is 1.47 bits per heavy atom. The summed E-state index contributed by atoms with van der Waals surface area (Å²) in [6, 6.07) is -3.23. The summed E-state index contributed by atoms with van der Waals surface area (Å²) in [7, 11) is -3.09. The summed E-state index contributed by atoms with van der Waals surface area (Å²) in [4.78, 5) is 0. The zero-order chi connectivity index (χ0) is 28.0. The molecule has 0 saturated heterocycles. The minimum absolute atomic E-state index is 0.714. The summed E-state index contributed by atoms with van der Waals surface area (Å²) in [6.45, 7) is 10.6. The molecule has 0 aromatic rings. The molecule has 0 rings (SSSR count). The van der Waals surface area contributed by atoms with Crippen LogP contribution in [0.4, 0.5) is 57.1 Å². The van der Waals surface area contributed by atoms with Gasteiger partial charge in [-0.3, -0.25) is 0 Å². The molecule has 0 bridgehead atoms. The molecule has 0 aromatic heterocycles. The molecule has 0 saturated carbocycles. The fourth-order valence-electron chi connectivity index (χ4n) is 2.49. The Morgan fingerprint density at radius 1 is 0.765 bits per heavy atom. The van der Waals surface area contributed by atoms with Crippen molar-refractivity contribution in [3.8, 4) is 0 Å². The van der Waals surface area contributed by atoms with Gasteiger partial charge in [-0.25, -0.2) is 0 Å². The Hall–Kier alpha value is -1.03. The van der Waals surface area contributed by atoms with E-state index in [1.54, 1.807) is 26.1 Å². The molecule has 2 atom stereocenters. The minimum Gasteiger partial charge on any atom is -0.412 e. The van der Waals surface area contributed by atoms with Crippen molar-refractivity contribution in [2.75, 3.05) is 6.54 Å². The quantitative estimate of drug-likeness (QED) is 0.167. The molecular formula is C18H26F13NOSi. The van der Waals surface area contributed by atoms with Gasteiger partial charge in [-0.05, 0) is 25.1 Å². The van der Waals surface area contributed by atoms with Crippen molar-refractivity contribution in [3.05, 3.63) is 12.7 Å². The monoisotopic (exact) mass is 547 g/mol. The van der Waals surface area contributed by atoms with Crippen LogP contribution in [-0.4, -0.2) is 62.8 Å². The smallest absolute Gasteiger partial charge is 0.412 e. The maximum atomic E-state index is 14.8. The van der Waals surface area contributed by atoms with E-state index in [-0.39, 0.29) is 0 Å². The van der Waals surface area contributed by atoms with Crippen LogP contribution in [0.3, 0.4) is 0 Å². The van der Waals surface area contributed by atoms with Crippen molar-refractivity contribution in [1.29, 1.82) is 0 Å². The lowest BCUT2D eigenvalue weighted by molar-refractivity contribution is -0.442. The highest BCUT2D eigenvalue weighted by Crippen LogP contribution is 2.61. The summed E-state index contributed by atoms with van der Waals surface area (Å²) < 4.78 is 181. The van der Waals surface area contributed by atoms with E-state index < -0.39 is 67.8 Å². The van der Waals surface area contributed by atoms with Gasteiger partial charge in [0.05, 0.1) is 6.10 Å². The van der Waals surface area contributed by atoms with Gasteiger partial charge in [0, 0.05) is 6.54 Å². The molecule has 0 spiro atoms. The van der Waals surface area contributed by atoms with Crippen LogP contribution in [0.2, 0.25) is 18.1 Å². The molecule has 0 aliphatic carbocycles. The fraction of sp³-hybridized carbons (Fsp3) is 0.889. The third-order valence-electron chi connectivity index (χ3n) is 5.59. The van der Waals surface area contributed by atoms with E-state index >= 15 is 0 Å². The van der Waals surface area contributed by atoms with Crippen LogP contribution in [0.25, 0.3) is 0 Å². The first-order valence-electron chi connectivity index (χ1n) is 9.55. The predicted octanol–water partition coefficient (Wildman–Crippen LogP) is 7.28. The summed E-state index contributed by atoms with van der Waals surface area (Å²) in [5.41, 5.74) is 0. The molecule has 0 aromatic carbocycles. The Morgan fingerprint density at radius 2 is 1.15 bits per heavy atom. The zero-order valence-electron chi connectivity index (χ0n) is 19.0. The van der Waals surface area contributed by atoms with Crippen LogP contribution in [-0.2, 0) is 4.43 Å². The average Bonchev–Trinajstić information content (AvgIpc) is 2.58. The van der Waals surface area contributed by atoms with Crippen molar-refractivity contribution in [2.45, 2.75) is 93.8 Å². The van der Waals surface area contributed by atoms with Crippen LogP contribution in [0.1, 0.15) is 27.7 Å². The number of nitrogens with one attached hydrogen (secondary N) is 1. The summed E-state index contributed by atoms with van der Waals surface area (Å²) in [5.74, 6) is -37.3. The lowest BCUT2D eigenvalue weighted by Crippen LogP contribution is -2.74. The van der Waals surface area contributed by atoms with E-state index in [2.05, 4.69) is 6.58 Å². The summed E-state index contributed by atoms with van der Waals surface area (Å²) >= 11 is 0. The second-order valence-corrected chi connectivity index (χ2v) is 13.9. The van der Waals surface area contributed by atoms with Crippen molar-refractivity contribution >= 4 is 8.32 Å². The van der Waals surface area contributed by atoms with Crippen molar-refractivity contribution < 1.29 is 61.5 Å². The number of halogens is 13. The second kappa shape index (κ2) is 9.45. The van der Waals surface area contributed by atoms with Gasteiger partial charge in [-0.2, -0.15) is 57.1 Å². The minimum atomic E-state index is -7.95. The van der Waals surface area contributed by atoms with Crippen LogP contribution in [0.5, 0.6) is 0 Å². The zero-order valence-corrected chi connectivity index (χ0v) is 20.0. The van der Waals surface area contributed by atoms with E-state index in [4.69, 9.17) is 4.43 Å². The summed E-state index contributed by atoms with van der Waals surface area (Å²) in [5, 5.41) is 0.901. The molecule has 0 amide bonds. The molecule has 0 radical (unpaired) electrons. The Bertz CT molecular complexity index is 714. The molecule has 34 heavy (non-hydrogen) atoms. The first kappa shape index (κ1) is 33.0. The maximum absolute atomic E-state index is 14.8. The van der Waals surface area contributed by atoms with Crippen LogP contribution in [0.15, 0.2) is 12.7 Å². The normalized spacial score (nSPS) is 17.5. The van der Waals surface area contributed by atoms with E-state index in [0.717, 1.165) is 6.08 Å². The molecule has 204 valence electrons. The van der Waals surface area contributed by atoms with E-state index in [0.29, 0.717) is 6.92 Å². The van der Waals surface area contributed by atoms with Gasteiger partial charge >= 0.3 is 35.8 Å². The van der Waals surface area contributed by atoms with Crippen molar-refractivity contribution in [1.82, 2.24) is 5.32 Å². The molecule has 0 aliphatic rings. The SMILES string of the molecule is C=CCN[C@@H]([C@H](C)O[Si](C)(C)C(C)(C)C)C(F)(F)C(F)(F)C(F)(F)C(F)(F)C(F)(F)C(F)(F)F. The molecule has 0 fully saturated rings. The fourth-order valence-corrected chi connectivity index (χ4v) is 3.90. The lowest BCUT2D eigenvalue weighted by atomic mass is 9.89. The van der Waals surface area contributed by atoms with Gasteiger partial charge in [0.2, 0.25) is 0 Å². The van der Waals surface area contributed by atoms with Gasteiger partial charge in [0.1, 0.15) is 6.04 Å². The highest BCUT2D eigenvalue weighted by atomic mass is 28.4. The van der Waals surface area contributed by atoms with Crippen LogP contribution < -0.4 is 5.32 Å². The first-order chi connectivity index (χ1) is 14.6. The standard InChI is InChI=1S/C18H26F13NOSi/c1-8-9-32-11(10(2)33-34(6,7)12(3,4)5)13(19,20)14(21,22)15(23,24)16(25,26)17(27,28)18(29,30)31/h8,10-11,32H,1,9H2,2-7H3/t10-,11-/m0/s1. The third-order valence-corrected chi connectivity index (χ3v) is 10.2. The first-order valence-corrected chi connectivity index (χ1v) is 12.5. The Balaban J connectivity index is 6.67. The number of hydrogen-bond acceptors (Lipinski definition) is 2. The topological polar surface area (TPSA) is 21.3 Å². The Kier molecular flexibility index (Phi) is 9.16. The number of rotatable bonds is 11. The van der Waals surface area contributed by atoms with Crippen LogP contribution in [0, 0.1) is 0 Å². The Labute approximate surface area is 189 Å². The second-order valence-electron chi connectivity index (χ2n) is 9.18. The van der Waals surface area contributed by atoms with E-state index in [1.165, 1.54) is 13.1 Å². The third kappa shape index (κ3) is 5.37. The molecular weight excluding hydrogens is 521 g/mol. The highest BCUT2D eigenvalue weighted by Gasteiger charge is 2.91. The lowest BCUT2D eigenvalue weighted by Gasteiger charge is -2.45. The van der Waals surface area contributed by atoms with Crippen molar-refractivity contribution in [2.24, 2.45) is 0 Å². The van der Waals surface area contributed by atoms with Gasteiger partial charge < -0.3 is 9.74 Å². The largest absolute Gasteiger partial charge is 0.460 e. The van der Waals surface area contributed by atoms with Crippen molar-refractivity contribution in [3.63, 3.8) is 0 Å². The van der Waals surface area contributed by atoms with Crippen LogP contribution >= 0.6 is 0 Å². The van der Waals surface area contributed by atoms with Gasteiger partial charge in [-0.15, -0.1) is 6.58 Å². The number of hydrogen-bond donors (Lipinski definition) is 1. The van der Waals surface area contributed by atoms with E-state index in [1.807, 2.05) is 0 Å². The molecule has 0 aliphatic heterocycles. The molecule has 2 nitrogen and oxygen atoms in total. The van der Waals surface area contributed by atoms with Gasteiger partial charge in [-0.1, -0.05) is 26.8 Å². The predicted molar refractivity (Wildman–Crippen MR) is 101 cm³/mol. The van der Waals surface area contributed by atoms with E-state index in [9.17, 15) is 57.1 Å². The van der Waals surface area contributed by atoms with Gasteiger partial charge in [0.15, 0.2) is 8.32 Å². The number of alkyl halides is 13. The van der Waals surface area contributed by atoms with Gasteiger partial charge in [0.25, 0.3) is 0 Å². The molecule has 1 N–H and O–H groups in total.